The lowest BCUT2D eigenvalue weighted by Crippen LogP contribution is -2.02. The number of nitrogens with zero attached hydrogens (tertiary/aromatic N) is 1. The number of nitro benzene ring substituents is 1. The second-order valence-electron chi connectivity index (χ2n) is 5.75. The summed E-state index contributed by atoms with van der Waals surface area (Å²) in [4.78, 5) is 22.2. The molecule has 3 rings (SSSR count). The Morgan fingerprint density at radius 2 is 2.07 bits per heavy atom. The maximum absolute atomic E-state index is 11.9. The summed E-state index contributed by atoms with van der Waals surface area (Å²) in [5, 5.41) is 11.2. The quantitative estimate of drug-likeness (QED) is 0.330. The lowest BCUT2D eigenvalue weighted by atomic mass is 10.2. The molecule has 0 saturated heterocycles. The van der Waals surface area contributed by atoms with Gasteiger partial charge in [-0.15, -0.1) is 0 Å². The Morgan fingerprint density at radius 3 is 2.89 bits per heavy atom. The van der Waals surface area contributed by atoms with Crippen molar-refractivity contribution in [3.63, 3.8) is 0 Å². The zero-order valence-electron chi connectivity index (χ0n) is 14.2. The fourth-order valence-electron chi connectivity index (χ4n) is 2.48. The Balaban J connectivity index is 1.62. The summed E-state index contributed by atoms with van der Waals surface area (Å²) in [7, 11) is 0. The van der Waals surface area contributed by atoms with Gasteiger partial charge in [-0.2, -0.15) is 0 Å². The van der Waals surface area contributed by atoms with Crippen molar-refractivity contribution in [2.45, 2.75) is 13.0 Å². The number of rotatable bonds is 5. The van der Waals surface area contributed by atoms with E-state index in [4.69, 9.17) is 25.8 Å². The highest BCUT2D eigenvalue weighted by atomic mass is 35.5. The highest BCUT2D eigenvalue weighted by molar-refractivity contribution is 6.32. The minimum Gasteiger partial charge on any atom is -0.489 e. The molecular weight excluding hydrogens is 374 g/mol. The number of esters is 1. The summed E-state index contributed by atoms with van der Waals surface area (Å²) in [6.07, 6.45) is 3.43. The van der Waals surface area contributed by atoms with Crippen LogP contribution in [0.4, 0.5) is 5.69 Å². The molecule has 0 unspecified atom stereocenters. The number of non-ortho nitro benzene ring substituents is 1. The van der Waals surface area contributed by atoms with Gasteiger partial charge in [-0.05, 0) is 29.3 Å². The van der Waals surface area contributed by atoms with Crippen molar-refractivity contribution >= 4 is 29.3 Å². The van der Waals surface area contributed by atoms with Gasteiger partial charge in [0.2, 0.25) is 0 Å². The molecular formula is C19H16ClNO6. The Morgan fingerprint density at radius 1 is 1.26 bits per heavy atom. The standard InChI is InChI=1S/C19H16ClNO6/c20-16-10-14(11-17-19(16)26-8-2-7-25-17)12-27-18(22)6-5-13-3-1-4-15(9-13)21(23)24/h1,3-6,9-11H,2,7-8,12H2/b6-5+. The van der Waals surface area contributed by atoms with Gasteiger partial charge in [0, 0.05) is 24.6 Å². The first kappa shape index (κ1) is 18.7. The van der Waals surface area contributed by atoms with Gasteiger partial charge < -0.3 is 14.2 Å². The molecule has 0 aliphatic carbocycles. The molecule has 1 heterocycles. The Hall–Kier alpha value is -3.06. The van der Waals surface area contributed by atoms with E-state index in [1.165, 1.54) is 24.3 Å². The van der Waals surface area contributed by atoms with E-state index < -0.39 is 10.9 Å². The molecule has 8 heteroatoms. The van der Waals surface area contributed by atoms with Crippen LogP contribution < -0.4 is 9.47 Å². The van der Waals surface area contributed by atoms with Gasteiger partial charge in [0.25, 0.3) is 5.69 Å². The SMILES string of the molecule is O=C(/C=C/c1cccc([N+](=O)[O-])c1)OCc1cc(Cl)c2c(c1)OCCCO2. The predicted octanol–water partition coefficient (Wildman–Crippen LogP) is 4.17. The summed E-state index contributed by atoms with van der Waals surface area (Å²) in [6.45, 7) is 1.07. The van der Waals surface area contributed by atoms with Crippen LogP contribution in [0.25, 0.3) is 6.08 Å². The van der Waals surface area contributed by atoms with Crippen LogP contribution in [0.5, 0.6) is 11.5 Å². The van der Waals surface area contributed by atoms with Crippen LogP contribution in [-0.2, 0) is 16.1 Å². The smallest absolute Gasteiger partial charge is 0.331 e. The minimum absolute atomic E-state index is 0.00840. The van der Waals surface area contributed by atoms with Gasteiger partial charge in [0.1, 0.15) is 6.61 Å². The van der Waals surface area contributed by atoms with Gasteiger partial charge in [-0.3, -0.25) is 10.1 Å². The lowest BCUT2D eigenvalue weighted by molar-refractivity contribution is -0.384. The first-order chi connectivity index (χ1) is 13.0. The van der Waals surface area contributed by atoms with Gasteiger partial charge in [0.15, 0.2) is 11.5 Å². The maximum atomic E-state index is 11.9. The number of fused-ring (bicyclic) bond motifs is 1. The van der Waals surface area contributed by atoms with Crippen molar-refractivity contribution in [2.75, 3.05) is 13.2 Å². The van der Waals surface area contributed by atoms with E-state index in [2.05, 4.69) is 0 Å². The van der Waals surface area contributed by atoms with Gasteiger partial charge in [0.05, 0.1) is 23.2 Å². The predicted molar refractivity (Wildman–Crippen MR) is 99.0 cm³/mol. The van der Waals surface area contributed by atoms with Crippen LogP contribution in [0, 0.1) is 10.1 Å². The Bertz CT molecular complexity index is 896. The van der Waals surface area contributed by atoms with Crippen LogP contribution in [0.3, 0.4) is 0 Å². The highest BCUT2D eigenvalue weighted by Gasteiger charge is 2.16. The molecule has 0 fully saturated rings. The Labute approximate surface area is 160 Å². The third-order valence-electron chi connectivity index (χ3n) is 3.74. The highest BCUT2D eigenvalue weighted by Crippen LogP contribution is 2.38. The average molecular weight is 390 g/mol. The van der Waals surface area contributed by atoms with Crippen molar-refractivity contribution in [3.8, 4) is 11.5 Å². The van der Waals surface area contributed by atoms with Crippen LogP contribution in [0.2, 0.25) is 5.02 Å². The van der Waals surface area contributed by atoms with Gasteiger partial charge in [-0.25, -0.2) is 4.79 Å². The van der Waals surface area contributed by atoms with Crippen molar-refractivity contribution in [1.29, 1.82) is 0 Å². The van der Waals surface area contributed by atoms with E-state index >= 15 is 0 Å². The molecule has 2 aromatic carbocycles. The number of ether oxygens (including phenoxy) is 3. The van der Waals surface area contributed by atoms with Gasteiger partial charge >= 0.3 is 5.97 Å². The molecule has 1 aliphatic rings. The molecule has 0 atom stereocenters. The molecule has 1 aliphatic heterocycles. The third kappa shape index (κ3) is 4.98. The van der Waals surface area contributed by atoms with E-state index in [0.29, 0.717) is 40.9 Å². The van der Waals surface area contributed by atoms with Crippen LogP contribution in [-0.4, -0.2) is 24.1 Å². The van der Waals surface area contributed by atoms with Crippen molar-refractivity contribution in [3.05, 3.63) is 68.7 Å². The third-order valence-corrected chi connectivity index (χ3v) is 4.02. The summed E-state index contributed by atoms with van der Waals surface area (Å²) in [5.41, 5.74) is 1.15. The number of carbonyl (C=O) groups excluding carboxylic acids is 1. The van der Waals surface area contributed by atoms with E-state index in [1.807, 2.05) is 0 Å². The molecule has 2 aromatic rings. The molecule has 0 radical (unpaired) electrons. The zero-order chi connectivity index (χ0) is 19.2. The van der Waals surface area contributed by atoms with Crippen LogP contribution in [0.15, 0.2) is 42.5 Å². The zero-order valence-corrected chi connectivity index (χ0v) is 15.0. The van der Waals surface area contributed by atoms with Crippen molar-refractivity contribution in [1.82, 2.24) is 0 Å². The summed E-state index contributed by atoms with van der Waals surface area (Å²) in [5.74, 6) is 0.442. The largest absolute Gasteiger partial charge is 0.489 e. The fraction of sp³-hybridized carbons (Fsp3) is 0.211. The Kier molecular flexibility index (Phi) is 5.93. The maximum Gasteiger partial charge on any atom is 0.331 e. The topological polar surface area (TPSA) is 87.9 Å². The average Bonchev–Trinajstić information content (AvgIpc) is 2.91. The first-order valence-electron chi connectivity index (χ1n) is 8.20. The molecule has 0 aromatic heterocycles. The van der Waals surface area contributed by atoms with Crippen LogP contribution in [0.1, 0.15) is 17.5 Å². The number of carbonyl (C=O) groups is 1. The van der Waals surface area contributed by atoms with E-state index in [9.17, 15) is 14.9 Å². The van der Waals surface area contributed by atoms with E-state index in [1.54, 1.807) is 24.3 Å². The normalized spacial score (nSPS) is 13.2. The number of halogens is 1. The molecule has 0 saturated carbocycles. The number of hydrogen-bond acceptors (Lipinski definition) is 6. The number of nitro groups is 1. The lowest BCUT2D eigenvalue weighted by Gasteiger charge is -2.11. The summed E-state index contributed by atoms with van der Waals surface area (Å²) < 4.78 is 16.3. The second kappa shape index (κ2) is 8.55. The molecule has 140 valence electrons. The summed E-state index contributed by atoms with van der Waals surface area (Å²) >= 11 is 6.20. The first-order valence-corrected chi connectivity index (χ1v) is 8.58. The van der Waals surface area contributed by atoms with E-state index in [-0.39, 0.29) is 12.3 Å². The molecule has 0 bridgehead atoms. The molecule has 0 amide bonds. The van der Waals surface area contributed by atoms with Crippen LogP contribution >= 0.6 is 11.6 Å². The molecule has 27 heavy (non-hydrogen) atoms. The monoisotopic (exact) mass is 389 g/mol. The molecule has 7 nitrogen and oxygen atoms in total. The number of benzene rings is 2. The second-order valence-corrected chi connectivity index (χ2v) is 6.16. The number of hydrogen-bond donors (Lipinski definition) is 0. The minimum atomic E-state index is -0.579. The van der Waals surface area contributed by atoms with Crippen molar-refractivity contribution < 1.29 is 23.9 Å². The fourth-order valence-corrected chi connectivity index (χ4v) is 2.76. The molecule has 0 N–H and O–H groups in total. The van der Waals surface area contributed by atoms with E-state index in [0.717, 1.165) is 6.42 Å². The molecule has 0 spiro atoms. The van der Waals surface area contributed by atoms with Gasteiger partial charge in [-0.1, -0.05) is 23.7 Å². The summed E-state index contributed by atoms with van der Waals surface area (Å²) in [6, 6.07) is 9.33. The van der Waals surface area contributed by atoms with Crippen molar-refractivity contribution in [2.24, 2.45) is 0 Å².